The smallest absolute Gasteiger partial charge is 0.231 e. The van der Waals surface area contributed by atoms with Crippen LogP contribution in [0.2, 0.25) is 0 Å². The molecule has 1 aromatic rings. The fourth-order valence-electron chi connectivity index (χ4n) is 0.701. The van der Waals surface area contributed by atoms with Crippen molar-refractivity contribution in [3.05, 3.63) is 18.5 Å². The first kappa shape index (κ1) is 4.61. The van der Waals surface area contributed by atoms with Gasteiger partial charge in [0.25, 0.3) is 0 Å². The van der Waals surface area contributed by atoms with Crippen molar-refractivity contribution in [1.82, 2.24) is 4.98 Å². The second-order valence-electron chi connectivity index (χ2n) is 1.66. The number of ether oxygens (including phenoxy) is 2. The van der Waals surface area contributed by atoms with Crippen molar-refractivity contribution < 1.29 is 9.47 Å². The molecule has 3 nitrogen and oxygen atoms in total. The molecule has 2 heterocycles. The largest absolute Gasteiger partial charge is 0.453 e. The maximum absolute atomic E-state index is 5.00. The summed E-state index contributed by atoms with van der Waals surface area (Å²) < 4.78 is 9.96. The summed E-state index contributed by atoms with van der Waals surface area (Å²) in [5, 5.41) is 0. The highest BCUT2D eigenvalue weighted by atomic mass is 16.7. The highest BCUT2D eigenvalue weighted by molar-refractivity contribution is 5.37. The highest BCUT2D eigenvalue weighted by Gasteiger charge is 2.11. The zero-order chi connectivity index (χ0) is 6.10. The van der Waals surface area contributed by atoms with Gasteiger partial charge in [0.15, 0.2) is 11.5 Å². The number of hydrogen-bond acceptors (Lipinski definition) is 3. The van der Waals surface area contributed by atoms with Crippen LogP contribution in [0.5, 0.6) is 11.5 Å². The van der Waals surface area contributed by atoms with Crippen molar-refractivity contribution in [1.29, 1.82) is 0 Å². The van der Waals surface area contributed by atoms with Crippen LogP contribution in [0.1, 0.15) is 0 Å². The monoisotopic (exact) mass is 122 g/mol. The number of fused-ring (bicyclic) bond motifs is 1. The number of nitrogens with zero attached hydrogens (tertiary/aromatic N) is 1. The van der Waals surface area contributed by atoms with E-state index in [0.29, 0.717) is 5.75 Å². The number of rotatable bonds is 0. The van der Waals surface area contributed by atoms with Gasteiger partial charge in [0.05, 0.1) is 0 Å². The van der Waals surface area contributed by atoms with E-state index in [4.69, 9.17) is 9.47 Å². The predicted octanol–water partition coefficient (Wildman–Crippen LogP) is 0.610. The van der Waals surface area contributed by atoms with Crippen LogP contribution in [0.4, 0.5) is 0 Å². The molecule has 0 saturated carbocycles. The average Bonchev–Trinajstić information content (AvgIpc) is 2.33. The second-order valence-corrected chi connectivity index (χ2v) is 1.66. The van der Waals surface area contributed by atoms with Gasteiger partial charge >= 0.3 is 0 Å². The van der Waals surface area contributed by atoms with E-state index in [1.807, 2.05) is 0 Å². The zero-order valence-electron chi connectivity index (χ0n) is 4.63. The Kier molecular flexibility index (Phi) is 0.828. The third-order valence-electron chi connectivity index (χ3n) is 1.11. The molecule has 0 N–H and O–H groups in total. The van der Waals surface area contributed by atoms with E-state index in [-0.39, 0.29) is 6.79 Å². The summed E-state index contributed by atoms with van der Waals surface area (Å²) >= 11 is 0. The lowest BCUT2D eigenvalue weighted by Crippen LogP contribution is -1.92. The lowest BCUT2D eigenvalue weighted by Gasteiger charge is -1.88. The molecule has 3 heteroatoms. The molecule has 2 rings (SSSR count). The van der Waals surface area contributed by atoms with Crippen LogP contribution in [-0.4, -0.2) is 11.8 Å². The molecule has 1 aliphatic heterocycles. The Hall–Kier alpha value is -1.25. The molecular formula is C6H4NO2. The Morgan fingerprint density at radius 3 is 3.44 bits per heavy atom. The van der Waals surface area contributed by atoms with Gasteiger partial charge in [0.2, 0.25) is 6.79 Å². The molecule has 0 fully saturated rings. The van der Waals surface area contributed by atoms with Gasteiger partial charge in [-0.05, 0) is 0 Å². The van der Waals surface area contributed by atoms with Gasteiger partial charge in [0, 0.05) is 12.3 Å². The maximum atomic E-state index is 5.00. The average molecular weight is 122 g/mol. The fraction of sp³-hybridized carbons (Fsp3) is 0.167. The Bertz CT molecular complexity index is 201. The first-order valence-corrected chi connectivity index (χ1v) is 2.59. The normalized spacial score (nSPS) is 13.8. The van der Waals surface area contributed by atoms with Crippen molar-refractivity contribution in [2.24, 2.45) is 0 Å². The SMILES string of the molecule is [c]1nccc2c1OCO2. The third-order valence-corrected chi connectivity index (χ3v) is 1.11. The van der Waals surface area contributed by atoms with E-state index in [2.05, 4.69) is 11.2 Å². The van der Waals surface area contributed by atoms with Crippen LogP contribution in [0.3, 0.4) is 0 Å². The van der Waals surface area contributed by atoms with Crippen molar-refractivity contribution in [2.45, 2.75) is 0 Å². The summed E-state index contributed by atoms with van der Waals surface area (Å²) in [5.74, 6) is 1.34. The minimum Gasteiger partial charge on any atom is -0.453 e. The molecule has 0 aromatic carbocycles. The van der Waals surface area contributed by atoms with E-state index in [1.165, 1.54) is 0 Å². The van der Waals surface area contributed by atoms with E-state index >= 15 is 0 Å². The molecule has 0 spiro atoms. The first-order chi connectivity index (χ1) is 4.47. The van der Waals surface area contributed by atoms with Gasteiger partial charge < -0.3 is 9.47 Å². The summed E-state index contributed by atoms with van der Waals surface area (Å²) in [5.41, 5.74) is 0. The molecule has 0 bridgehead atoms. The highest BCUT2D eigenvalue weighted by Crippen LogP contribution is 2.28. The summed E-state index contributed by atoms with van der Waals surface area (Å²) in [6.07, 6.45) is 4.27. The van der Waals surface area contributed by atoms with Crippen LogP contribution in [0.25, 0.3) is 0 Å². The van der Waals surface area contributed by atoms with Crippen LogP contribution < -0.4 is 9.47 Å². The molecule has 1 aliphatic rings. The molecule has 1 radical (unpaired) electrons. The summed E-state index contributed by atoms with van der Waals surface area (Å²) in [6.45, 7) is 0.289. The summed E-state index contributed by atoms with van der Waals surface area (Å²) in [4.78, 5) is 3.73. The third kappa shape index (κ3) is 0.614. The Morgan fingerprint density at radius 1 is 1.56 bits per heavy atom. The predicted molar refractivity (Wildman–Crippen MR) is 29.2 cm³/mol. The van der Waals surface area contributed by atoms with E-state index in [9.17, 15) is 0 Å². The van der Waals surface area contributed by atoms with E-state index < -0.39 is 0 Å². The van der Waals surface area contributed by atoms with Crippen molar-refractivity contribution in [2.75, 3.05) is 6.79 Å². The Balaban J connectivity index is 2.54. The standard InChI is InChI=1S/C6H4NO2/c1-2-7-3-6-5(1)8-4-9-6/h1-2H,4H2. The van der Waals surface area contributed by atoms with Gasteiger partial charge in [0.1, 0.15) is 6.20 Å². The maximum Gasteiger partial charge on any atom is 0.231 e. The van der Waals surface area contributed by atoms with Crippen LogP contribution in [-0.2, 0) is 0 Å². The minimum atomic E-state index is 0.289. The molecular weight excluding hydrogens is 118 g/mol. The van der Waals surface area contributed by atoms with E-state index in [0.717, 1.165) is 5.75 Å². The molecule has 0 atom stereocenters. The number of aromatic nitrogens is 1. The van der Waals surface area contributed by atoms with Crippen molar-refractivity contribution >= 4 is 0 Å². The summed E-state index contributed by atoms with van der Waals surface area (Å²) in [7, 11) is 0. The van der Waals surface area contributed by atoms with Gasteiger partial charge in [-0.3, -0.25) is 4.98 Å². The lowest BCUT2D eigenvalue weighted by atomic mass is 10.4. The Labute approximate surface area is 52.2 Å². The topological polar surface area (TPSA) is 31.4 Å². The molecule has 0 amide bonds. The first-order valence-electron chi connectivity index (χ1n) is 2.59. The molecule has 0 unspecified atom stereocenters. The van der Waals surface area contributed by atoms with Gasteiger partial charge in [-0.2, -0.15) is 0 Å². The van der Waals surface area contributed by atoms with Crippen LogP contribution >= 0.6 is 0 Å². The summed E-state index contributed by atoms with van der Waals surface area (Å²) in [6, 6.07) is 1.75. The van der Waals surface area contributed by atoms with Crippen molar-refractivity contribution in [3.63, 3.8) is 0 Å². The molecule has 45 valence electrons. The van der Waals surface area contributed by atoms with E-state index in [1.54, 1.807) is 12.3 Å². The molecule has 9 heavy (non-hydrogen) atoms. The lowest BCUT2D eigenvalue weighted by molar-refractivity contribution is 0.173. The fourth-order valence-corrected chi connectivity index (χ4v) is 0.701. The second kappa shape index (κ2) is 1.62. The van der Waals surface area contributed by atoms with Crippen molar-refractivity contribution in [3.8, 4) is 11.5 Å². The molecule has 0 aliphatic carbocycles. The van der Waals surface area contributed by atoms with Crippen LogP contribution in [0.15, 0.2) is 12.3 Å². The minimum absolute atomic E-state index is 0.289. The van der Waals surface area contributed by atoms with Gasteiger partial charge in [-0.15, -0.1) is 0 Å². The number of hydrogen-bond donors (Lipinski definition) is 0. The van der Waals surface area contributed by atoms with Crippen LogP contribution in [0, 0.1) is 6.20 Å². The van der Waals surface area contributed by atoms with Gasteiger partial charge in [-0.1, -0.05) is 0 Å². The quantitative estimate of drug-likeness (QED) is 0.505. The molecule has 1 aromatic heterocycles. The Morgan fingerprint density at radius 2 is 2.56 bits per heavy atom. The molecule has 0 saturated heterocycles. The van der Waals surface area contributed by atoms with Gasteiger partial charge in [-0.25, -0.2) is 0 Å². The zero-order valence-corrected chi connectivity index (χ0v) is 4.63. The number of pyridine rings is 1.